The summed E-state index contributed by atoms with van der Waals surface area (Å²) in [6, 6.07) is 26.5. The van der Waals surface area contributed by atoms with Crippen molar-refractivity contribution in [2.75, 3.05) is 18.0 Å². The lowest BCUT2D eigenvalue weighted by molar-refractivity contribution is 0.0751. The number of carbonyl (C=O) groups is 1. The maximum absolute atomic E-state index is 13.2. The molecule has 2 heterocycles. The molecular formula is C26H24N4O. The lowest BCUT2D eigenvalue weighted by atomic mass is 10.0. The molecule has 1 aromatic heterocycles. The van der Waals surface area contributed by atoms with E-state index < -0.39 is 0 Å². The van der Waals surface area contributed by atoms with E-state index >= 15 is 0 Å². The molecule has 3 aromatic carbocycles. The minimum Gasteiger partial charge on any atom is -0.364 e. The summed E-state index contributed by atoms with van der Waals surface area (Å²) in [5.74, 6) is 0.0695. The molecule has 0 saturated heterocycles. The van der Waals surface area contributed by atoms with Crippen molar-refractivity contribution in [3.05, 3.63) is 108 Å². The maximum Gasteiger partial charge on any atom is 0.254 e. The van der Waals surface area contributed by atoms with Gasteiger partial charge in [-0.1, -0.05) is 54.6 Å². The summed E-state index contributed by atoms with van der Waals surface area (Å²) in [7, 11) is 0. The van der Waals surface area contributed by atoms with Crippen molar-refractivity contribution in [3.63, 3.8) is 0 Å². The second-order valence-electron chi connectivity index (χ2n) is 7.80. The first-order valence-corrected chi connectivity index (χ1v) is 10.5. The van der Waals surface area contributed by atoms with Gasteiger partial charge in [-0.25, -0.2) is 4.98 Å². The van der Waals surface area contributed by atoms with Crippen molar-refractivity contribution < 1.29 is 4.79 Å². The van der Waals surface area contributed by atoms with Crippen LogP contribution in [0.5, 0.6) is 0 Å². The molecule has 0 bridgehead atoms. The Morgan fingerprint density at radius 2 is 1.68 bits per heavy atom. The number of H-pyrrole nitrogens is 1. The second kappa shape index (κ2) is 8.48. The van der Waals surface area contributed by atoms with Gasteiger partial charge in [0, 0.05) is 37.1 Å². The molecule has 0 aliphatic carbocycles. The summed E-state index contributed by atoms with van der Waals surface area (Å²) in [5.41, 5.74) is 6.44. The van der Waals surface area contributed by atoms with E-state index in [2.05, 4.69) is 57.3 Å². The monoisotopic (exact) mass is 408 g/mol. The van der Waals surface area contributed by atoms with Gasteiger partial charge in [0.15, 0.2) is 0 Å². The zero-order chi connectivity index (χ0) is 21.0. The standard InChI is InChI=1S/C26H24N4O/c31-26(21-9-5-2-6-10-21)30-14-13-29(18-24-16-27-19-28-24)25-12-11-22(15-23(25)17-30)20-7-3-1-4-8-20/h1-12,15-16,19H,13-14,17-18H2,(H,27,28). The van der Waals surface area contributed by atoms with E-state index in [4.69, 9.17) is 0 Å². The molecule has 1 aliphatic rings. The number of anilines is 1. The zero-order valence-corrected chi connectivity index (χ0v) is 17.2. The van der Waals surface area contributed by atoms with Crippen LogP contribution in [0, 0.1) is 0 Å². The molecule has 5 heteroatoms. The quantitative estimate of drug-likeness (QED) is 0.531. The molecule has 0 atom stereocenters. The van der Waals surface area contributed by atoms with Crippen LogP contribution in [-0.2, 0) is 13.1 Å². The van der Waals surface area contributed by atoms with Gasteiger partial charge >= 0.3 is 0 Å². The van der Waals surface area contributed by atoms with E-state index in [-0.39, 0.29) is 5.91 Å². The lowest BCUT2D eigenvalue weighted by Crippen LogP contribution is -2.35. The number of nitrogens with one attached hydrogen (secondary N) is 1. The Morgan fingerprint density at radius 1 is 0.903 bits per heavy atom. The SMILES string of the molecule is O=C(c1ccccc1)N1CCN(Cc2cnc[nH]2)c2ccc(-c3ccccc3)cc2C1. The maximum atomic E-state index is 13.2. The smallest absolute Gasteiger partial charge is 0.254 e. The van der Waals surface area contributed by atoms with Crippen molar-refractivity contribution in [1.82, 2.24) is 14.9 Å². The van der Waals surface area contributed by atoms with Gasteiger partial charge in [-0.3, -0.25) is 4.79 Å². The third kappa shape index (κ3) is 4.08. The predicted molar refractivity (Wildman–Crippen MR) is 123 cm³/mol. The van der Waals surface area contributed by atoms with E-state index in [0.29, 0.717) is 13.1 Å². The number of amides is 1. The topological polar surface area (TPSA) is 52.2 Å². The van der Waals surface area contributed by atoms with Crippen molar-refractivity contribution in [2.24, 2.45) is 0 Å². The Morgan fingerprint density at radius 3 is 2.42 bits per heavy atom. The van der Waals surface area contributed by atoms with Gasteiger partial charge < -0.3 is 14.8 Å². The molecule has 0 unspecified atom stereocenters. The normalized spacial score (nSPS) is 13.5. The summed E-state index contributed by atoms with van der Waals surface area (Å²) in [5, 5.41) is 0. The number of carbonyl (C=O) groups excluding carboxylic acids is 1. The molecule has 154 valence electrons. The molecule has 5 nitrogen and oxygen atoms in total. The molecule has 4 aromatic rings. The van der Waals surface area contributed by atoms with Crippen LogP contribution in [0.4, 0.5) is 5.69 Å². The number of rotatable bonds is 4. The zero-order valence-electron chi connectivity index (χ0n) is 17.2. The first-order chi connectivity index (χ1) is 15.3. The van der Waals surface area contributed by atoms with Gasteiger partial charge in [0.05, 0.1) is 18.6 Å². The highest BCUT2D eigenvalue weighted by atomic mass is 16.2. The minimum absolute atomic E-state index is 0.0695. The molecule has 31 heavy (non-hydrogen) atoms. The number of fused-ring (bicyclic) bond motifs is 1. The first kappa shape index (κ1) is 19.1. The Bertz CT molecular complexity index is 1160. The van der Waals surface area contributed by atoms with Gasteiger partial charge in [0.25, 0.3) is 5.91 Å². The third-order valence-corrected chi connectivity index (χ3v) is 5.75. The number of benzene rings is 3. The molecule has 0 spiro atoms. The Labute approximate surface area is 182 Å². The van der Waals surface area contributed by atoms with Crippen LogP contribution in [0.3, 0.4) is 0 Å². The molecule has 1 N–H and O–H groups in total. The summed E-state index contributed by atoms with van der Waals surface area (Å²) in [6.07, 6.45) is 3.56. The van der Waals surface area contributed by atoms with Crippen molar-refractivity contribution in [3.8, 4) is 11.1 Å². The summed E-state index contributed by atoms with van der Waals surface area (Å²) in [4.78, 5) is 24.9. The second-order valence-corrected chi connectivity index (χ2v) is 7.80. The highest BCUT2D eigenvalue weighted by Crippen LogP contribution is 2.31. The minimum atomic E-state index is 0.0695. The summed E-state index contributed by atoms with van der Waals surface area (Å²) < 4.78 is 0. The highest BCUT2D eigenvalue weighted by Gasteiger charge is 2.24. The highest BCUT2D eigenvalue weighted by molar-refractivity contribution is 5.94. The number of aromatic amines is 1. The predicted octanol–water partition coefficient (Wildman–Crippen LogP) is 4.74. The van der Waals surface area contributed by atoms with Crippen LogP contribution < -0.4 is 4.90 Å². The Balaban J connectivity index is 1.51. The number of imidazole rings is 1. The third-order valence-electron chi connectivity index (χ3n) is 5.75. The largest absolute Gasteiger partial charge is 0.364 e. The van der Waals surface area contributed by atoms with Crippen LogP contribution in [0.15, 0.2) is 91.4 Å². The first-order valence-electron chi connectivity index (χ1n) is 10.5. The van der Waals surface area contributed by atoms with E-state index in [1.54, 1.807) is 6.33 Å². The summed E-state index contributed by atoms with van der Waals surface area (Å²) in [6.45, 7) is 2.74. The van der Waals surface area contributed by atoms with Crippen molar-refractivity contribution >= 4 is 11.6 Å². The average Bonchev–Trinajstić information content (AvgIpc) is 3.28. The lowest BCUT2D eigenvalue weighted by Gasteiger charge is -2.24. The molecule has 0 fully saturated rings. The fourth-order valence-electron chi connectivity index (χ4n) is 4.16. The van der Waals surface area contributed by atoms with E-state index in [1.165, 1.54) is 5.56 Å². The van der Waals surface area contributed by atoms with Crippen molar-refractivity contribution in [1.29, 1.82) is 0 Å². The molecule has 1 amide bonds. The average molecular weight is 409 g/mol. The molecule has 5 rings (SSSR count). The van der Waals surface area contributed by atoms with Gasteiger partial charge in [-0.05, 0) is 41.0 Å². The fourth-order valence-corrected chi connectivity index (χ4v) is 4.16. The number of nitrogens with zero attached hydrogens (tertiary/aromatic N) is 3. The van der Waals surface area contributed by atoms with Crippen LogP contribution in [-0.4, -0.2) is 33.9 Å². The van der Waals surface area contributed by atoms with Gasteiger partial charge in [-0.15, -0.1) is 0 Å². The number of hydrogen-bond donors (Lipinski definition) is 1. The van der Waals surface area contributed by atoms with E-state index in [9.17, 15) is 4.79 Å². The molecular weight excluding hydrogens is 384 g/mol. The fraction of sp³-hybridized carbons (Fsp3) is 0.154. The summed E-state index contributed by atoms with van der Waals surface area (Å²) >= 11 is 0. The molecule has 0 radical (unpaired) electrons. The Kier molecular flexibility index (Phi) is 5.23. The number of hydrogen-bond acceptors (Lipinski definition) is 3. The molecule has 0 saturated carbocycles. The van der Waals surface area contributed by atoms with Gasteiger partial charge in [-0.2, -0.15) is 0 Å². The molecule has 1 aliphatic heterocycles. The van der Waals surface area contributed by atoms with Crippen molar-refractivity contribution in [2.45, 2.75) is 13.1 Å². The van der Waals surface area contributed by atoms with Crippen LogP contribution in [0.2, 0.25) is 0 Å². The number of aromatic nitrogens is 2. The Hall–Kier alpha value is -3.86. The van der Waals surface area contributed by atoms with Gasteiger partial charge in [0.1, 0.15) is 0 Å². The van der Waals surface area contributed by atoms with Crippen LogP contribution in [0.1, 0.15) is 21.6 Å². The van der Waals surface area contributed by atoms with E-state index in [0.717, 1.165) is 41.2 Å². The van der Waals surface area contributed by atoms with Crippen LogP contribution >= 0.6 is 0 Å². The van der Waals surface area contributed by atoms with Gasteiger partial charge in [0.2, 0.25) is 0 Å². The van der Waals surface area contributed by atoms with Crippen LogP contribution in [0.25, 0.3) is 11.1 Å². The van der Waals surface area contributed by atoms with E-state index in [1.807, 2.05) is 47.5 Å².